The van der Waals surface area contributed by atoms with Crippen LogP contribution in [0.3, 0.4) is 0 Å². The van der Waals surface area contributed by atoms with Gasteiger partial charge in [-0.05, 0) is 32.7 Å². The van der Waals surface area contributed by atoms with Crippen LogP contribution in [0.4, 0.5) is 0 Å². The first-order valence-electron chi connectivity index (χ1n) is 6.08. The van der Waals surface area contributed by atoms with E-state index in [0.29, 0.717) is 0 Å². The highest BCUT2D eigenvalue weighted by Gasteiger charge is 2.17. The molecule has 0 aromatic carbocycles. The highest BCUT2D eigenvalue weighted by atomic mass is 15.1. The van der Waals surface area contributed by atoms with Crippen LogP contribution in [0.5, 0.6) is 0 Å². The number of fused-ring (bicyclic) bond motifs is 1. The molecule has 84 valence electrons. The Kier molecular flexibility index (Phi) is 3.41. The summed E-state index contributed by atoms with van der Waals surface area (Å²) in [4.78, 5) is 4.77. The minimum atomic E-state index is 1.03. The molecule has 1 aromatic heterocycles. The first kappa shape index (κ1) is 10.7. The molecule has 0 spiro atoms. The zero-order chi connectivity index (χ0) is 10.7. The monoisotopic (exact) mass is 207 g/mol. The van der Waals surface area contributed by atoms with Crippen LogP contribution >= 0.6 is 0 Å². The van der Waals surface area contributed by atoms with Crippen LogP contribution in [0, 0.1) is 0 Å². The van der Waals surface area contributed by atoms with E-state index in [1.165, 1.54) is 43.0 Å². The van der Waals surface area contributed by atoms with Crippen molar-refractivity contribution in [3.05, 3.63) is 17.2 Å². The lowest BCUT2D eigenvalue weighted by atomic mass is 10.1. The van der Waals surface area contributed by atoms with Crippen LogP contribution in [0.2, 0.25) is 0 Å². The zero-order valence-electron chi connectivity index (χ0n) is 9.84. The topological polar surface area (TPSA) is 29.9 Å². The number of aromatic nitrogens is 2. The second kappa shape index (κ2) is 4.79. The van der Waals surface area contributed by atoms with Gasteiger partial charge in [0.25, 0.3) is 0 Å². The van der Waals surface area contributed by atoms with Crippen molar-refractivity contribution in [2.45, 2.75) is 45.6 Å². The van der Waals surface area contributed by atoms with Crippen molar-refractivity contribution in [2.75, 3.05) is 13.6 Å². The second-order valence-electron chi connectivity index (χ2n) is 4.24. The van der Waals surface area contributed by atoms with Gasteiger partial charge in [0, 0.05) is 25.2 Å². The smallest absolute Gasteiger partial charge is 0.110 e. The molecule has 3 nitrogen and oxygen atoms in total. The van der Waals surface area contributed by atoms with Crippen molar-refractivity contribution >= 4 is 0 Å². The summed E-state index contributed by atoms with van der Waals surface area (Å²) < 4.78 is 2.46. The van der Waals surface area contributed by atoms with E-state index in [4.69, 9.17) is 4.98 Å². The number of rotatable bonds is 4. The molecule has 3 heteroatoms. The van der Waals surface area contributed by atoms with E-state index in [1.807, 2.05) is 7.05 Å². The molecular weight excluding hydrogens is 186 g/mol. The number of nitrogens with zero attached hydrogens (tertiary/aromatic N) is 2. The van der Waals surface area contributed by atoms with Gasteiger partial charge in [-0.25, -0.2) is 4.98 Å². The molecule has 0 unspecified atom stereocenters. The maximum atomic E-state index is 4.77. The molecule has 1 aliphatic rings. The molecular formula is C12H21N3. The van der Waals surface area contributed by atoms with Crippen molar-refractivity contribution < 1.29 is 0 Å². The van der Waals surface area contributed by atoms with Crippen LogP contribution in [-0.2, 0) is 25.8 Å². The minimum absolute atomic E-state index is 1.03. The summed E-state index contributed by atoms with van der Waals surface area (Å²) in [6.07, 6.45) is 6.03. The predicted molar refractivity (Wildman–Crippen MR) is 62.2 cm³/mol. The van der Waals surface area contributed by atoms with Crippen molar-refractivity contribution in [2.24, 2.45) is 0 Å². The van der Waals surface area contributed by atoms with Gasteiger partial charge >= 0.3 is 0 Å². The van der Waals surface area contributed by atoms with Crippen LogP contribution in [0.15, 0.2) is 0 Å². The van der Waals surface area contributed by atoms with Gasteiger partial charge < -0.3 is 9.88 Å². The molecule has 2 heterocycles. The first-order valence-corrected chi connectivity index (χ1v) is 6.08. The lowest BCUT2D eigenvalue weighted by molar-refractivity contribution is 0.510. The fourth-order valence-electron chi connectivity index (χ4n) is 2.41. The Labute approximate surface area is 91.9 Å². The molecule has 1 N–H and O–H groups in total. The van der Waals surface area contributed by atoms with E-state index >= 15 is 0 Å². The quantitative estimate of drug-likeness (QED) is 0.811. The molecule has 0 radical (unpaired) electrons. The molecule has 15 heavy (non-hydrogen) atoms. The van der Waals surface area contributed by atoms with E-state index in [1.54, 1.807) is 0 Å². The standard InChI is InChI=1S/C12H21N3/c1-3-10-11-6-4-5-9-15(11)12(14-10)7-8-13-2/h13H,3-9H2,1-2H3. The fraction of sp³-hybridized carbons (Fsp3) is 0.750. The summed E-state index contributed by atoms with van der Waals surface area (Å²) in [6, 6.07) is 0. The van der Waals surface area contributed by atoms with Crippen molar-refractivity contribution in [1.29, 1.82) is 0 Å². The Hall–Kier alpha value is -0.830. The summed E-state index contributed by atoms with van der Waals surface area (Å²) in [5, 5.41) is 3.20. The second-order valence-corrected chi connectivity index (χ2v) is 4.24. The Morgan fingerprint density at radius 2 is 2.27 bits per heavy atom. The third-order valence-electron chi connectivity index (χ3n) is 3.21. The maximum Gasteiger partial charge on any atom is 0.110 e. The van der Waals surface area contributed by atoms with Gasteiger partial charge in [-0.2, -0.15) is 0 Å². The Morgan fingerprint density at radius 3 is 3.00 bits per heavy atom. The molecule has 0 fully saturated rings. The lowest BCUT2D eigenvalue weighted by Crippen LogP contribution is -2.17. The largest absolute Gasteiger partial charge is 0.332 e. The molecule has 1 aliphatic heterocycles. The number of hydrogen-bond donors (Lipinski definition) is 1. The Bertz CT molecular complexity index is 328. The van der Waals surface area contributed by atoms with Gasteiger partial charge in [0.15, 0.2) is 0 Å². The van der Waals surface area contributed by atoms with Gasteiger partial charge in [-0.15, -0.1) is 0 Å². The number of nitrogens with one attached hydrogen (secondary N) is 1. The van der Waals surface area contributed by atoms with E-state index in [-0.39, 0.29) is 0 Å². The van der Waals surface area contributed by atoms with Crippen LogP contribution in [0.1, 0.15) is 37.0 Å². The average molecular weight is 207 g/mol. The van der Waals surface area contributed by atoms with Crippen LogP contribution in [-0.4, -0.2) is 23.1 Å². The zero-order valence-corrected chi connectivity index (χ0v) is 9.84. The molecule has 0 amide bonds. The van der Waals surface area contributed by atoms with Gasteiger partial charge in [0.2, 0.25) is 0 Å². The van der Waals surface area contributed by atoms with E-state index in [0.717, 1.165) is 19.4 Å². The number of imidazole rings is 1. The summed E-state index contributed by atoms with van der Waals surface area (Å²) in [5.74, 6) is 1.29. The lowest BCUT2D eigenvalue weighted by Gasteiger charge is -2.17. The molecule has 0 saturated carbocycles. The third-order valence-corrected chi connectivity index (χ3v) is 3.21. The summed E-state index contributed by atoms with van der Waals surface area (Å²) in [6.45, 7) is 4.42. The fourth-order valence-corrected chi connectivity index (χ4v) is 2.41. The van der Waals surface area contributed by atoms with Crippen molar-refractivity contribution in [1.82, 2.24) is 14.9 Å². The van der Waals surface area contributed by atoms with E-state index < -0.39 is 0 Å². The van der Waals surface area contributed by atoms with Crippen LogP contribution in [0.25, 0.3) is 0 Å². The molecule has 0 saturated heterocycles. The predicted octanol–water partition coefficient (Wildman–Crippen LogP) is 1.54. The summed E-state index contributed by atoms with van der Waals surface area (Å²) in [7, 11) is 2.00. The molecule has 1 aromatic rings. The van der Waals surface area contributed by atoms with Gasteiger partial charge in [-0.1, -0.05) is 6.92 Å². The van der Waals surface area contributed by atoms with Gasteiger partial charge in [0.1, 0.15) is 5.82 Å². The molecule has 0 atom stereocenters. The first-order chi connectivity index (χ1) is 7.36. The average Bonchev–Trinajstić information content (AvgIpc) is 2.65. The van der Waals surface area contributed by atoms with Crippen molar-refractivity contribution in [3.8, 4) is 0 Å². The normalized spacial score (nSPS) is 15.3. The summed E-state index contributed by atoms with van der Waals surface area (Å²) >= 11 is 0. The highest BCUT2D eigenvalue weighted by Crippen LogP contribution is 2.21. The maximum absolute atomic E-state index is 4.77. The van der Waals surface area contributed by atoms with Gasteiger partial charge in [0.05, 0.1) is 5.69 Å². The minimum Gasteiger partial charge on any atom is -0.332 e. The van der Waals surface area contributed by atoms with Gasteiger partial charge in [-0.3, -0.25) is 0 Å². The highest BCUT2D eigenvalue weighted by molar-refractivity contribution is 5.19. The third kappa shape index (κ3) is 2.07. The van der Waals surface area contributed by atoms with Crippen molar-refractivity contribution in [3.63, 3.8) is 0 Å². The van der Waals surface area contributed by atoms with E-state index in [2.05, 4.69) is 16.8 Å². The van der Waals surface area contributed by atoms with E-state index in [9.17, 15) is 0 Å². The molecule has 0 bridgehead atoms. The number of likely N-dealkylation sites (N-methyl/N-ethyl adjacent to an activating group) is 1. The Balaban J connectivity index is 2.25. The number of aryl methyl sites for hydroxylation is 1. The Morgan fingerprint density at radius 1 is 1.40 bits per heavy atom. The molecule has 2 rings (SSSR count). The van der Waals surface area contributed by atoms with Crippen LogP contribution < -0.4 is 5.32 Å². The number of hydrogen-bond acceptors (Lipinski definition) is 2. The SMILES string of the molecule is CCc1nc(CCNC)n2c1CCCC2. The summed E-state index contributed by atoms with van der Waals surface area (Å²) in [5.41, 5.74) is 2.84. The molecule has 0 aliphatic carbocycles.